The smallest absolute Gasteiger partial charge is 0.283 e. The summed E-state index contributed by atoms with van der Waals surface area (Å²) >= 11 is 13.7. The highest BCUT2D eigenvalue weighted by Crippen LogP contribution is 2.33. The molecule has 3 aromatic rings. The number of halogens is 3. The highest BCUT2D eigenvalue weighted by molar-refractivity contribution is 9.11. The first-order chi connectivity index (χ1) is 12.8. The second-order valence-corrected chi connectivity index (χ2v) is 8.62. The third kappa shape index (κ3) is 4.76. The van der Waals surface area contributed by atoms with Crippen molar-refractivity contribution in [3.8, 4) is 16.3 Å². The van der Waals surface area contributed by atoms with Crippen molar-refractivity contribution in [1.82, 2.24) is 10.4 Å². The molecule has 0 bridgehead atoms. The van der Waals surface area contributed by atoms with Crippen LogP contribution in [0.25, 0.3) is 10.6 Å². The Balaban J connectivity index is 1.74. The van der Waals surface area contributed by atoms with Gasteiger partial charge in [0.15, 0.2) is 0 Å². The molecule has 0 atom stereocenters. The Bertz CT molecular complexity index is 1010. The first kappa shape index (κ1) is 20.0. The first-order valence-electron chi connectivity index (χ1n) is 7.60. The molecule has 0 fully saturated rings. The van der Waals surface area contributed by atoms with Crippen LogP contribution >= 0.6 is 54.8 Å². The molecule has 0 aliphatic rings. The number of aromatic nitrogens is 1. The number of benzene rings is 2. The maximum Gasteiger partial charge on any atom is 0.283 e. The fourth-order valence-corrected chi connectivity index (χ4v) is 4.51. The highest BCUT2D eigenvalue weighted by Gasteiger charge is 2.16. The number of carbonyl (C=O) groups is 1. The van der Waals surface area contributed by atoms with E-state index < -0.39 is 0 Å². The molecule has 5 nitrogen and oxygen atoms in total. The van der Waals surface area contributed by atoms with Gasteiger partial charge in [0.05, 0.1) is 20.9 Å². The minimum absolute atomic E-state index is 0.103. The number of hydrogen-bond acceptors (Lipinski definition) is 5. The van der Waals surface area contributed by atoms with Gasteiger partial charge in [-0.2, -0.15) is 5.10 Å². The molecule has 0 spiro atoms. The second kappa shape index (κ2) is 8.52. The number of aromatic hydroxyl groups is 1. The SMILES string of the molecule is Cc1nc(-c2ccc(Cl)cc2)sc1C(=O)N/N=C/c1cc(Br)c(O)c(Br)c1. The average molecular weight is 530 g/mol. The third-order valence-electron chi connectivity index (χ3n) is 3.51. The van der Waals surface area contributed by atoms with Crippen molar-refractivity contribution < 1.29 is 9.90 Å². The Morgan fingerprint density at radius 3 is 2.52 bits per heavy atom. The number of nitrogens with one attached hydrogen (secondary N) is 1. The van der Waals surface area contributed by atoms with Crippen molar-refractivity contribution in [3.05, 3.63) is 66.5 Å². The summed E-state index contributed by atoms with van der Waals surface area (Å²) in [5.74, 6) is -0.232. The first-order valence-corrected chi connectivity index (χ1v) is 10.4. The van der Waals surface area contributed by atoms with Gasteiger partial charge in [-0.15, -0.1) is 11.3 Å². The van der Waals surface area contributed by atoms with E-state index >= 15 is 0 Å². The highest BCUT2D eigenvalue weighted by atomic mass is 79.9. The van der Waals surface area contributed by atoms with Gasteiger partial charge in [0, 0.05) is 10.6 Å². The zero-order valence-corrected chi connectivity index (χ0v) is 18.6. The summed E-state index contributed by atoms with van der Waals surface area (Å²) in [6, 6.07) is 10.7. The summed E-state index contributed by atoms with van der Waals surface area (Å²) in [5, 5.41) is 15.1. The van der Waals surface area contributed by atoms with Crippen LogP contribution in [-0.2, 0) is 0 Å². The van der Waals surface area contributed by atoms with E-state index in [1.165, 1.54) is 17.6 Å². The van der Waals surface area contributed by atoms with E-state index in [0.717, 1.165) is 10.6 Å². The fourth-order valence-electron chi connectivity index (χ4n) is 2.20. The molecule has 1 aromatic heterocycles. The summed E-state index contributed by atoms with van der Waals surface area (Å²) in [5.41, 5.74) is 4.74. The number of nitrogens with zero attached hydrogens (tertiary/aromatic N) is 2. The molecule has 1 amide bonds. The monoisotopic (exact) mass is 527 g/mol. The third-order valence-corrected chi connectivity index (χ3v) is 6.18. The molecule has 138 valence electrons. The number of aryl methyl sites for hydroxylation is 1. The number of rotatable bonds is 4. The summed E-state index contributed by atoms with van der Waals surface area (Å²) < 4.78 is 1.05. The lowest BCUT2D eigenvalue weighted by Gasteiger charge is -2.02. The number of thiazole rings is 1. The zero-order chi connectivity index (χ0) is 19.6. The lowest BCUT2D eigenvalue weighted by atomic mass is 10.2. The van der Waals surface area contributed by atoms with Gasteiger partial charge in [-0.05, 0) is 68.6 Å². The summed E-state index contributed by atoms with van der Waals surface area (Å²) in [7, 11) is 0. The van der Waals surface area contributed by atoms with Gasteiger partial charge < -0.3 is 5.11 Å². The van der Waals surface area contributed by atoms with Crippen LogP contribution < -0.4 is 5.43 Å². The normalized spacial score (nSPS) is 11.1. The molecule has 27 heavy (non-hydrogen) atoms. The van der Waals surface area contributed by atoms with Gasteiger partial charge in [0.1, 0.15) is 15.6 Å². The van der Waals surface area contributed by atoms with Crippen molar-refractivity contribution >= 4 is 66.9 Å². The van der Waals surface area contributed by atoms with Crippen LogP contribution in [0.1, 0.15) is 20.9 Å². The van der Waals surface area contributed by atoms with Crippen LogP contribution in [0.5, 0.6) is 5.75 Å². The predicted molar refractivity (Wildman–Crippen MR) is 116 cm³/mol. The van der Waals surface area contributed by atoms with Crippen molar-refractivity contribution in [2.75, 3.05) is 0 Å². The van der Waals surface area contributed by atoms with Gasteiger partial charge in [-0.25, -0.2) is 10.4 Å². The van der Waals surface area contributed by atoms with Crippen LogP contribution in [0, 0.1) is 6.92 Å². The summed E-state index contributed by atoms with van der Waals surface area (Å²) in [4.78, 5) is 17.4. The standard InChI is InChI=1S/C18H12Br2ClN3O2S/c1-9-16(27-18(23-9)11-2-4-12(21)5-3-11)17(26)24-22-8-10-6-13(19)15(25)14(20)7-10/h2-8,25H,1H3,(H,24,26)/b22-8+. The molecule has 0 aliphatic heterocycles. The number of hydrogen-bond donors (Lipinski definition) is 2. The van der Waals surface area contributed by atoms with Gasteiger partial charge in [0.2, 0.25) is 0 Å². The van der Waals surface area contributed by atoms with E-state index in [4.69, 9.17) is 11.6 Å². The molecule has 0 unspecified atom stereocenters. The Morgan fingerprint density at radius 1 is 1.26 bits per heavy atom. The van der Waals surface area contributed by atoms with Crippen molar-refractivity contribution in [2.24, 2.45) is 5.10 Å². The molecule has 2 aromatic carbocycles. The minimum atomic E-state index is -0.335. The average Bonchev–Trinajstić information content (AvgIpc) is 3.02. The fraction of sp³-hybridized carbons (Fsp3) is 0.0556. The molecular weight excluding hydrogens is 518 g/mol. The molecule has 0 aliphatic carbocycles. The molecule has 1 heterocycles. The Kier molecular flexibility index (Phi) is 6.31. The van der Waals surface area contributed by atoms with Crippen LogP contribution in [0.2, 0.25) is 5.02 Å². The predicted octanol–water partition coefficient (Wildman–Crippen LogP) is 5.77. The molecule has 3 rings (SSSR count). The van der Waals surface area contributed by atoms with E-state index in [2.05, 4.69) is 47.4 Å². The Hall–Kier alpha value is -1.74. The number of phenolic OH excluding ortho intramolecular Hbond substituents is 1. The van der Waals surface area contributed by atoms with Gasteiger partial charge >= 0.3 is 0 Å². The number of hydrazone groups is 1. The number of phenols is 1. The molecule has 0 radical (unpaired) electrons. The number of carbonyl (C=O) groups excluding carboxylic acids is 1. The quantitative estimate of drug-likeness (QED) is 0.333. The van der Waals surface area contributed by atoms with E-state index in [0.29, 0.717) is 30.1 Å². The maximum atomic E-state index is 12.4. The zero-order valence-electron chi connectivity index (χ0n) is 13.8. The van der Waals surface area contributed by atoms with E-state index in [1.807, 2.05) is 12.1 Å². The second-order valence-electron chi connectivity index (χ2n) is 5.47. The lowest BCUT2D eigenvalue weighted by molar-refractivity contribution is 0.0958. The van der Waals surface area contributed by atoms with Crippen LogP contribution in [0.4, 0.5) is 0 Å². The molecular formula is C18H12Br2ClN3O2S. The number of amides is 1. The van der Waals surface area contributed by atoms with Crippen LogP contribution in [0.15, 0.2) is 50.4 Å². The lowest BCUT2D eigenvalue weighted by Crippen LogP contribution is -2.17. The largest absolute Gasteiger partial charge is 0.506 e. The van der Waals surface area contributed by atoms with Gasteiger partial charge in [0.25, 0.3) is 5.91 Å². The van der Waals surface area contributed by atoms with E-state index in [9.17, 15) is 9.90 Å². The van der Waals surface area contributed by atoms with Gasteiger partial charge in [-0.3, -0.25) is 4.79 Å². The van der Waals surface area contributed by atoms with Gasteiger partial charge in [-0.1, -0.05) is 23.7 Å². The molecule has 9 heteroatoms. The molecule has 0 saturated heterocycles. The van der Waals surface area contributed by atoms with Crippen molar-refractivity contribution in [2.45, 2.75) is 6.92 Å². The van der Waals surface area contributed by atoms with E-state index in [-0.39, 0.29) is 11.7 Å². The maximum absolute atomic E-state index is 12.4. The topological polar surface area (TPSA) is 74.6 Å². The van der Waals surface area contributed by atoms with E-state index in [1.54, 1.807) is 31.2 Å². The molecule has 0 saturated carbocycles. The summed E-state index contributed by atoms with van der Waals surface area (Å²) in [6.07, 6.45) is 1.49. The summed E-state index contributed by atoms with van der Waals surface area (Å²) in [6.45, 7) is 1.78. The Labute approximate surface area is 181 Å². The van der Waals surface area contributed by atoms with Crippen molar-refractivity contribution in [3.63, 3.8) is 0 Å². The molecule has 2 N–H and O–H groups in total. The van der Waals surface area contributed by atoms with Crippen LogP contribution in [-0.4, -0.2) is 22.2 Å². The van der Waals surface area contributed by atoms with Crippen LogP contribution in [0.3, 0.4) is 0 Å². The Morgan fingerprint density at radius 2 is 1.89 bits per heavy atom. The van der Waals surface area contributed by atoms with Crippen molar-refractivity contribution in [1.29, 1.82) is 0 Å². The minimum Gasteiger partial charge on any atom is -0.506 e.